The monoisotopic (exact) mass is 410 g/mol. The van der Waals surface area contributed by atoms with Crippen molar-refractivity contribution in [3.05, 3.63) is 62.3 Å². The lowest BCUT2D eigenvalue weighted by atomic mass is 9.88. The van der Waals surface area contributed by atoms with E-state index in [1.807, 2.05) is 6.07 Å². The molecule has 1 aliphatic rings. The molecule has 0 radical (unpaired) electrons. The zero-order chi connectivity index (χ0) is 21.3. The molecule has 0 spiro atoms. The summed E-state index contributed by atoms with van der Waals surface area (Å²) in [6.07, 6.45) is 5.07. The highest BCUT2D eigenvalue weighted by Crippen LogP contribution is 2.31. The Labute approximate surface area is 171 Å². The van der Waals surface area contributed by atoms with E-state index in [9.17, 15) is 19.7 Å². The van der Waals surface area contributed by atoms with E-state index in [2.05, 4.69) is 10.5 Å². The molecule has 1 N–H and O–H groups in total. The van der Waals surface area contributed by atoms with Crippen molar-refractivity contribution in [1.82, 2.24) is 19.4 Å². The maximum Gasteiger partial charge on any atom is 0.390 e. The third-order valence-electron chi connectivity index (χ3n) is 5.46. The van der Waals surface area contributed by atoms with Crippen LogP contribution in [-0.4, -0.2) is 30.3 Å². The number of para-hydroxylation sites is 1. The highest BCUT2D eigenvalue weighted by Gasteiger charge is 2.24. The molecule has 0 aliphatic heterocycles. The van der Waals surface area contributed by atoms with Crippen LogP contribution in [0.25, 0.3) is 10.9 Å². The minimum Gasteiger partial charge on any atom is -0.358 e. The van der Waals surface area contributed by atoms with Crippen molar-refractivity contribution in [1.29, 1.82) is 0 Å². The second kappa shape index (κ2) is 8.05. The molecule has 2 aromatic heterocycles. The molecule has 30 heavy (non-hydrogen) atoms. The number of carbonyl (C=O) groups is 1. The summed E-state index contributed by atoms with van der Waals surface area (Å²) in [5.41, 5.74) is 3.40. The van der Waals surface area contributed by atoms with E-state index in [1.165, 1.54) is 15.4 Å². The molecule has 1 aliphatic carbocycles. The first kappa shape index (κ1) is 19.7. The number of aryl methyl sites for hydroxylation is 1. The van der Waals surface area contributed by atoms with E-state index in [1.54, 1.807) is 25.1 Å². The highest BCUT2D eigenvalue weighted by molar-refractivity contribution is 5.84. The SMILES string of the molecule is Cc1cc([N+](=O)[O-])nn1CC(=O)Nn1c(C2CCCCC2)nc2ccccc2c1=O. The minimum absolute atomic E-state index is 0.0869. The van der Waals surface area contributed by atoms with Crippen LogP contribution in [0.1, 0.15) is 49.5 Å². The second-order valence-electron chi connectivity index (χ2n) is 7.56. The molecule has 0 saturated heterocycles. The molecule has 10 heteroatoms. The van der Waals surface area contributed by atoms with Gasteiger partial charge in [-0.3, -0.25) is 15.0 Å². The van der Waals surface area contributed by atoms with Crippen molar-refractivity contribution in [2.75, 3.05) is 5.43 Å². The molecule has 1 aromatic carbocycles. The summed E-state index contributed by atoms with van der Waals surface area (Å²) < 4.78 is 2.49. The van der Waals surface area contributed by atoms with Crippen LogP contribution < -0.4 is 11.0 Å². The van der Waals surface area contributed by atoms with E-state index >= 15 is 0 Å². The molecular formula is C20H22N6O4. The summed E-state index contributed by atoms with van der Waals surface area (Å²) in [6.45, 7) is 1.38. The largest absolute Gasteiger partial charge is 0.390 e. The fourth-order valence-corrected chi connectivity index (χ4v) is 3.93. The zero-order valence-corrected chi connectivity index (χ0v) is 16.6. The van der Waals surface area contributed by atoms with E-state index in [0.717, 1.165) is 32.1 Å². The Kier molecular flexibility index (Phi) is 5.30. The van der Waals surface area contributed by atoms with Gasteiger partial charge in [-0.25, -0.2) is 9.66 Å². The van der Waals surface area contributed by atoms with Gasteiger partial charge >= 0.3 is 5.82 Å². The summed E-state index contributed by atoms with van der Waals surface area (Å²) in [5.74, 6) is -0.195. The molecule has 1 saturated carbocycles. The summed E-state index contributed by atoms with van der Waals surface area (Å²) in [4.78, 5) is 40.8. The Balaban J connectivity index is 1.68. The zero-order valence-electron chi connectivity index (χ0n) is 16.6. The number of nitro groups is 1. The maximum atomic E-state index is 13.1. The lowest BCUT2D eigenvalue weighted by Gasteiger charge is -2.24. The van der Waals surface area contributed by atoms with Gasteiger partial charge in [0, 0.05) is 5.92 Å². The van der Waals surface area contributed by atoms with Gasteiger partial charge in [0.25, 0.3) is 11.5 Å². The predicted octanol–water partition coefficient (Wildman–Crippen LogP) is 2.63. The van der Waals surface area contributed by atoms with Crippen LogP contribution in [0.2, 0.25) is 0 Å². The van der Waals surface area contributed by atoms with Gasteiger partial charge in [-0.05, 0) is 36.8 Å². The van der Waals surface area contributed by atoms with E-state index < -0.39 is 10.8 Å². The molecule has 0 unspecified atom stereocenters. The third-order valence-corrected chi connectivity index (χ3v) is 5.46. The first-order chi connectivity index (χ1) is 14.4. The second-order valence-corrected chi connectivity index (χ2v) is 7.56. The van der Waals surface area contributed by atoms with Crippen molar-refractivity contribution in [3.8, 4) is 0 Å². The summed E-state index contributed by atoms with van der Waals surface area (Å²) in [7, 11) is 0. The normalized spacial score (nSPS) is 14.7. The van der Waals surface area contributed by atoms with Crippen molar-refractivity contribution in [2.45, 2.75) is 51.5 Å². The number of fused-ring (bicyclic) bond motifs is 1. The number of nitrogens with one attached hydrogen (secondary N) is 1. The van der Waals surface area contributed by atoms with Crippen molar-refractivity contribution in [3.63, 3.8) is 0 Å². The van der Waals surface area contributed by atoms with E-state index in [4.69, 9.17) is 4.98 Å². The lowest BCUT2D eigenvalue weighted by molar-refractivity contribution is -0.389. The van der Waals surface area contributed by atoms with Crippen LogP contribution >= 0.6 is 0 Å². The van der Waals surface area contributed by atoms with Crippen LogP contribution in [0, 0.1) is 17.0 Å². The number of nitrogens with zero attached hydrogens (tertiary/aromatic N) is 5. The molecular weight excluding hydrogens is 388 g/mol. The Morgan fingerprint density at radius 2 is 2.00 bits per heavy atom. The van der Waals surface area contributed by atoms with Crippen molar-refractivity contribution >= 4 is 22.6 Å². The molecule has 0 atom stereocenters. The number of rotatable bonds is 5. The molecule has 156 valence electrons. The first-order valence-electron chi connectivity index (χ1n) is 9.94. The lowest BCUT2D eigenvalue weighted by Crippen LogP contribution is -2.39. The van der Waals surface area contributed by atoms with Gasteiger partial charge in [0.15, 0.2) is 0 Å². The number of benzene rings is 1. The van der Waals surface area contributed by atoms with Crippen LogP contribution in [0.5, 0.6) is 0 Å². The number of amides is 1. The fourth-order valence-electron chi connectivity index (χ4n) is 3.93. The molecule has 0 bridgehead atoms. The van der Waals surface area contributed by atoms with Crippen molar-refractivity contribution < 1.29 is 9.72 Å². The predicted molar refractivity (Wildman–Crippen MR) is 110 cm³/mol. The van der Waals surface area contributed by atoms with Gasteiger partial charge in [-0.15, -0.1) is 0 Å². The van der Waals surface area contributed by atoms with Gasteiger partial charge in [0.1, 0.15) is 12.4 Å². The molecule has 10 nitrogen and oxygen atoms in total. The van der Waals surface area contributed by atoms with E-state index in [-0.39, 0.29) is 23.8 Å². The van der Waals surface area contributed by atoms with Gasteiger partial charge in [-0.1, -0.05) is 31.4 Å². The molecule has 1 fully saturated rings. The number of carbonyl (C=O) groups excluding carboxylic acids is 1. The molecule has 2 heterocycles. The van der Waals surface area contributed by atoms with Crippen molar-refractivity contribution in [2.24, 2.45) is 0 Å². The number of hydrogen-bond acceptors (Lipinski definition) is 6. The van der Waals surface area contributed by atoms with Crippen LogP contribution in [0.15, 0.2) is 35.1 Å². The molecule has 4 rings (SSSR count). The topological polar surface area (TPSA) is 125 Å². The van der Waals surface area contributed by atoms with Gasteiger partial charge in [0.05, 0.1) is 27.8 Å². The van der Waals surface area contributed by atoms with Crippen LogP contribution in [0.3, 0.4) is 0 Å². The Morgan fingerprint density at radius 3 is 2.70 bits per heavy atom. The van der Waals surface area contributed by atoms with E-state index in [0.29, 0.717) is 22.4 Å². The number of hydrogen-bond donors (Lipinski definition) is 1. The highest BCUT2D eigenvalue weighted by atomic mass is 16.6. The standard InChI is InChI=1S/C20H22N6O4/c1-13-11-17(26(29)30)22-24(13)12-18(27)23-25-19(14-7-3-2-4-8-14)21-16-10-6-5-9-15(16)20(25)28/h5-6,9-11,14H,2-4,7-8,12H2,1H3,(H,23,27). The smallest absolute Gasteiger partial charge is 0.358 e. The van der Waals surface area contributed by atoms with Gasteiger partial charge < -0.3 is 10.1 Å². The Bertz CT molecular complexity index is 1180. The summed E-state index contributed by atoms with van der Waals surface area (Å²) >= 11 is 0. The fraction of sp³-hybridized carbons (Fsp3) is 0.400. The Morgan fingerprint density at radius 1 is 1.27 bits per heavy atom. The molecule has 1 amide bonds. The third kappa shape index (κ3) is 3.80. The van der Waals surface area contributed by atoms with Crippen LogP contribution in [-0.2, 0) is 11.3 Å². The van der Waals surface area contributed by atoms with Gasteiger partial charge in [-0.2, -0.15) is 4.68 Å². The summed E-state index contributed by atoms with van der Waals surface area (Å²) in [5, 5.41) is 15.2. The average Bonchev–Trinajstić information content (AvgIpc) is 3.11. The minimum atomic E-state index is -0.611. The maximum absolute atomic E-state index is 13.1. The molecule has 3 aromatic rings. The van der Waals surface area contributed by atoms with Gasteiger partial charge in [0.2, 0.25) is 0 Å². The first-order valence-corrected chi connectivity index (χ1v) is 9.94. The number of aromatic nitrogens is 4. The summed E-state index contributed by atoms with van der Waals surface area (Å²) in [6, 6.07) is 8.35. The Hall–Kier alpha value is -3.56. The van der Waals surface area contributed by atoms with Crippen LogP contribution in [0.4, 0.5) is 5.82 Å². The quantitative estimate of drug-likeness (QED) is 0.509. The average molecular weight is 410 g/mol.